The minimum atomic E-state index is -0.0961. The van der Waals surface area contributed by atoms with E-state index in [0.29, 0.717) is 16.5 Å². The minimum absolute atomic E-state index is 0.0961. The molecule has 2 nitrogen and oxygen atoms in total. The number of halogens is 2. The Morgan fingerprint density at radius 2 is 2.16 bits per heavy atom. The summed E-state index contributed by atoms with van der Waals surface area (Å²) in [5.74, 6) is 0.455. The second kappa shape index (κ2) is 8.60. The first-order valence-corrected chi connectivity index (χ1v) is 7.98. The van der Waals surface area contributed by atoms with E-state index in [9.17, 15) is 4.79 Å². The number of unbranched alkanes of at least 4 members (excludes halogenated alkanes) is 1. The average Bonchev–Trinajstić information content (AvgIpc) is 2.41. The lowest BCUT2D eigenvalue weighted by atomic mass is 9.99. The Labute approximate surface area is 129 Å². The zero-order valence-corrected chi connectivity index (χ0v) is 13.9. The molecule has 0 aromatic heterocycles. The topological polar surface area (TPSA) is 29.1 Å². The predicted molar refractivity (Wildman–Crippen MR) is 84.8 cm³/mol. The van der Waals surface area contributed by atoms with Crippen molar-refractivity contribution in [2.75, 3.05) is 6.54 Å². The lowest BCUT2D eigenvalue weighted by Gasteiger charge is -2.15. The number of carbonyl (C=O) groups is 1. The maximum absolute atomic E-state index is 12.1. The Kier molecular flexibility index (Phi) is 7.47. The molecule has 0 aliphatic rings. The van der Waals surface area contributed by atoms with Crippen molar-refractivity contribution in [3.05, 3.63) is 33.3 Å². The van der Waals surface area contributed by atoms with E-state index < -0.39 is 0 Å². The van der Waals surface area contributed by atoms with E-state index in [1.807, 2.05) is 6.07 Å². The second-order valence-corrected chi connectivity index (χ2v) is 6.07. The van der Waals surface area contributed by atoms with Crippen molar-refractivity contribution < 1.29 is 4.79 Å². The van der Waals surface area contributed by atoms with E-state index in [4.69, 9.17) is 11.6 Å². The van der Waals surface area contributed by atoms with E-state index >= 15 is 0 Å². The third kappa shape index (κ3) is 5.53. The smallest absolute Gasteiger partial charge is 0.252 e. The van der Waals surface area contributed by atoms with Gasteiger partial charge in [-0.05, 0) is 30.5 Å². The molecule has 1 rings (SSSR count). The van der Waals surface area contributed by atoms with Gasteiger partial charge in [-0.1, -0.05) is 60.6 Å². The maximum Gasteiger partial charge on any atom is 0.252 e. The summed E-state index contributed by atoms with van der Waals surface area (Å²) in [6.45, 7) is 5.07. The van der Waals surface area contributed by atoms with Crippen molar-refractivity contribution in [1.82, 2.24) is 5.32 Å². The number of carbonyl (C=O) groups excluding carboxylic acids is 1. The zero-order chi connectivity index (χ0) is 14.3. The Bertz CT molecular complexity index is 423. The van der Waals surface area contributed by atoms with Gasteiger partial charge >= 0.3 is 0 Å². The zero-order valence-electron chi connectivity index (χ0n) is 11.5. The van der Waals surface area contributed by atoms with E-state index in [1.165, 1.54) is 19.3 Å². The molecule has 106 valence electrons. The van der Waals surface area contributed by atoms with Crippen molar-refractivity contribution in [3.63, 3.8) is 0 Å². The molecule has 0 saturated carbocycles. The molecule has 0 saturated heterocycles. The summed E-state index contributed by atoms with van der Waals surface area (Å²) in [5, 5.41) is 3.47. The number of benzene rings is 1. The maximum atomic E-state index is 12.1. The summed E-state index contributed by atoms with van der Waals surface area (Å²) in [6.07, 6.45) is 4.67. The van der Waals surface area contributed by atoms with Crippen molar-refractivity contribution in [1.29, 1.82) is 0 Å². The number of rotatable bonds is 7. The van der Waals surface area contributed by atoms with Crippen LogP contribution in [0.5, 0.6) is 0 Å². The molecule has 1 unspecified atom stereocenters. The van der Waals surface area contributed by atoms with Crippen LogP contribution < -0.4 is 5.32 Å². The molecule has 0 radical (unpaired) electrons. The van der Waals surface area contributed by atoms with Crippen molar-refractivity contribution in [2.45, 2.75) is 39.5 Å². The van der Waals surface area contributed by atoms with Gasteiger partial charge in [0.2, 0.25) is 0 Å². The standard InChI is InChI=1S/C15H21BrClNO/c1-3-5-6-11(4-2)10-18-15(19)13-9-12(16)7-8-14(13)17/h7-9,11H,3-6,10H2,1-2H3,(H,18,19). The lowest BCUT2D eigenvalue weighted by Crippen LogP contribution is -2.29. The lowest BCUT2D eigenvalue weighted by molar-refractivity contribution is 0.0946. The first-order chi connectivity index (χ1) is 9.08. The second-order valence-electron chi connectivity index (χ2n) is 4.75. The molecule has 0 spiro atoms. The predicted octanol–water partition coefficient (Wildman–Crippen LogP) is 5.05. The molecule has 1 N–H and O–H groups in total. The van der Waals surface area contributed by atoms with Gasteiger partial charge in [0.05, 0.1) is 10.6 Å². The summed E-state index contributed by atoms with van der Waals surface area (Å²) in [7, 11) is 0. The molecule has 0 aliphatic carbocycles. The van der Waals surface area contributed by atoms with Crippen LogP contribution in [-0.4, -0.2) is 12.5 Å². The number of hydrogen-bond acceptors (Lipinski definition) is 1. The third-order valence-electron chi connectivity index (χ3n) is 3.27. The first-order valence-electron chi connectivity index (χ1n) is 6.81. The molecular formula is C15H21BrClNO. The molecule has 1 amide bonds. The van der Waals surface area contributed by atoms with Gasteiger partial charge in [0.25, 0.3) is 5.91 Å². The number of hydrogen-bond donors (Lipinski definition) is 1. The van der Waals surface area contributed by atoms with E-state index in [0.717, 1.165) is 17.4 Å². The SMILES string of the molecule is CCCCC(CC)CNC(=O)c1cc(Br)ccc1Cl. The van der Waals surface area contributed by atoms with Gasteiger partial charge in [-0.15, -0.1) is 0 Å². The van der Waals surface area contributed by atoms with Crippen molar-refractivity contribution >= 4 is 33.4 Å². The Morgan fingerprint density at radius 1 is 1.42 bits per heavy atom. The normalized spacial score (nSPS) is 12.2. The fourth-order valence-corrected chi connectivity index (χ4v) is 2.51. The third-order valence-corrected chi connectivity index (χ3v) is 4.09. The van der Waals surface area contributed by atoms with Crippen LogP contribution in [0, 0.1) is 5.92 Å². The van der Waals surface area contributed by atoms with Gasteiger partial charge < -0.3 is 5.32 Å². The molecule has 1 aromatic carbocycles. The molecule has 0 heterocycles. The highest BCUT2D eigenvalue weighted by atomic mass is 79.9. The van der Waals surface area contributed by atoms with Crippen LogP contribution in [0.25, 0.3) is 0 Å². The van der Waals surface area contributed by atoms with Gasteiger partial charge in [-0.25, -0.2) is 0 Å². The summed E-state index contributed by atoms with van der Waals surface area (Å²) in [5.41, 5.74) is 0.529. The Balaban J connectivity index is 2.56. The highest BCUT2D eigenvalue weighted by Crippen LogP contribution is 2.21. The monoisotopic (exact) mass is 345 g/mol. The van der Waals surface area contributed by atoms with Crippen LogP contribution in [0.15, 0.2) is 22.7 Å². The highest BCUT2D eigenvalue weighted by molar-refractivity contribution is 9.10. The summed E-state index contributed by atoms with van der Waals surface area (Å²) >= 11 is 9.40. The van der Waals surface area contributed by atoms with Gasteiger partial charge in [-0.3, -0.25) is 4.79 Å². The molecule has 0 aliphatic heterocycles. The highest BCUT2D eigenvalue weighted by Gasteiger charge is 2.13. The van der Waals surface area contributed by atoms with E-state index in [2.05, 4.69) is 35.1 Å². The van der Waals surface area contributed by atoms with Gasteiger partial charge in [-0.2, -0.15) is 0 Å². The average molecular weight is 347 g/mol. The van der Waals surface area contributed by atoms with E-state index in [1.54, 1.807) is 12.1 Å². The van der Waals surface area contributed by atoms with E-state index in [-0.39, 0.29) is 5.91 Å². The van der Waals surface area contributed by atoms with Gasteiger partial charge in [0.15, 0.2) is 0 Å². The fourth-order valence-electron chi connectivity index (χ4n) is 1.95. The van der Waals surface area contributed by atoms with Crippen LogP contribution in [0.2, 0.25) is 5.02 Å². The number of nitrogens with one attached hydrogen (secondary N) is 1. The van der Waals surface area contributed by atoms with Crippen LogP contribution in [0.4, 0.5) is 0 Å². The fraction of sp³-hybridized carbons (Fsp3) is 0.533. The Hall–Kier alpha value is -0.540. The van der Waals surface area contributed by atoms with Crippen LogP contribution >= 0.6 is 27.5 Å². The molecule has 0 bridgehead atoms. The summed E-state index contributed by atoms with van der Waals surface area (Å²) in [6, 6.07) is 5.31. The summed E-state index contributed by atoms with van der Waals surface area (Å²) < 4.78 is 0.861. The minimum Gasteiger partial charge on any atom is -0.352 e. The Morgan fingerprint density at radius 3 is 2.79 bits per heavy atom. The molecular weight excluding hydrogens is 326 g/mol. The molecule has 0 fully saturated rings. The summed E-state index contributed by atoms with van der Waals surface area (Å²) in [4.78, 5) is 12.1. The largest absolute Gasteiger partial charge is 0.352 e. The molecule has 4 heteroatoms. The number of amides is 1. The molecule has 19 heavy (non-hydrogen) atoms. The quantitative estimate of drug-likeness (QED) is 0.735. The van der Waals surface area contributed by atoms with Crippen molar-refractivity contribution in [2.24, 2.45) is 5.92 Å². The van der Waals surface area contributed by atoms with Gasteiger partial charge in [0.1, 0.15) is 0 Å². The first kappa shape index (κ1) is 16.5. The van der Waals surface area contributed by atoms with Crippen LogP contribution in [0.1, 0.15) is 49.9 Å². The van der Waals surface area contributed by atoms with Gasteiger partial charge in [0, 0.05) is 11.0 Å². The van der Waals surface area contributed by atoms with Crippen LogP contribution in [-0.2, 0) is 0 Å². The van der Waals surface area contributed by atoms with Crippen LogP contribution in [0.3, 0.4) is 0 Å². The van der Waals surface area contributed by atoms with Crippen molar-refractivity contribution in [3.8, 4) is 0 Å². The molecule has 1 aromatic rings. The molecule has 1 atom stereocenters.